The van der Waals surface area contributed by atoms with Crippen LogP contribution in [0.25, 0.3) is 0 Å². The molecule has 17 heteroatoms. The molecule has 2 aromatic rings. The number of benzene rings is 2. The maximum absolute atomic E-state index is 12.6. The van der Waals surface area contributed by atoms with Crippen LogP contribution in [0.5, 0.6) is 11.5 Å². The van der Waals surface area contributed by atoms with Gasteiger partial charge in [-0.1, -0.05) is 11.6 Å². The molecule has 2 aromatic carbocycles. The van der Waals surface area contributed by atoms with Gasteiger partial charge in [-0.3, -0.25) is 24.2 Å². The Hall–Kier alpha value is -4.05. The Bertz CT molecular complexity index is 1330. The fourth-order valence-corrected chi connectivity index (χ4v) is 4.17. The molecule has 1 heterocycles. The highest BCUT2D eigenvalue weighted by atomic mass is 79.9. The van der Waals surface area contributed by atoms with Crippen molar-refractivity contribution in [3.8, 4) is 11.5 Å². The summed E-state index contributed by atoms with van der Waals surface area (Å²) in [5.74, 6) is -2.45. The molecule has 1 atom stereocenters. The number of rotatable bonds is 8. The number of phenolic OH excluding ortho intramolecular Hbond substituents is 2. The number of guanidine groups is 1. The van der Waals surface area contributed by atoms with Crippen molar-refractivity contribution >= 4 is 63.2 Å². The SMILES string of the molecule is O=C(O)C[C@@H](NC(=O)CNC(=O)c1cc(O)cc(NC2=NCCCN2)c1)c1cc(Cl)cc(Br)c1O.O=CC(F)(F)F. The van der Waals surface area contributed by atoms with Gasteiger partial charge >= 0.3 is 12.1 Å². The molecule has 41 heavy (non-hydrogen) atoms. The van der Waals surface area contributed by atoms with Crippen LogP contribution in [-0.4, -0.2) is 71.2 Å². The van der Waals surface area contributed by atoms with Crippen molar-refractivity contribution in [1.82, 2.24) is 16.0 Å². The van der Waals surface area contributed by atoms with E-state index in [2.05, 4.69) is 42.2 Å². The van der Waals surface area contributed by atoms with E-state index in [4.69, 9.17) is 16.4 Å². The minimum atomic E-state index is -4.64. The second-order valence-electron chi connectivity index (χ2n) is 8.29. The molecule has 0 spiro atoms. The molecule has 2 amide bonds. The number of aliphatic carboxylic acids is 1. The van der Waals surface area contributed by atoms with Crippen molar-refractivity contribution in [3.05, 3.63) is 51.0 Å². The maximum Gasteiger partial charge on any atom is 0.446 e. The summed E-state index contributed by atoms with van der Waals surface area (Å²) in [4.78, 5) is 49.4. The van der Waals surface area contributed by atoms with Crippen molar-refractivity contribution in [3.63, 3.8) is 0 Å². The zero-order valence-corrected chi connectivity index (χ0v) is 23.2. The molecule has 0 fully saturated rings. The largest absolute Gasteiger partial charge is 0.508 e. The number of phenols is 2. The molecule has 1 aliphatic rings. The molecule has 0 radical (unpaired) electrons. The highest BCUT2D eigenvalue weighted by Crippen LogP contribution is 2.36. The Morgan fingerprint density at radius 3 is 2.44 bits per heavy atom. The van der Waals surface area contributed by atoms with Crippen LogP contribution >= 0.6 is 27.5 Å². The van der Waals surface area contributed by atoms with Crippen molar-refractivity contribution < 1.29 is 47.7 Å². The number of amides is 2. The lowest BCUT2D eigenvalue weighted by molar-refractivity contribution is -0.156. The van der Waals surface area contributed by atoms with E-state index in [0.29, 0.717) is 18.2 Å². The lowest BCUT2D eigenvalue weighted by atomic mass is 10.0. The molecule has 0 aliphatic carbocycles. The van der Waals surface area contributed by atoms with Gasteiger partial charge in [-0.15, -0.1) is 0 Å². The van der Waals surface area contributed by atoms with Crippen LogP contribution in [0.15, 0.2) is 39.8 Å². The van der Waals surface area contributed by atoms with Gasteiger partial charge in [0.05, 0.1) is 23.5 Å². The number of halogens is 5. The van der Waals surface area contributed by atoms with E-state index in [-0.39, 0.29) is 32.1 Å². The third kappa shape index (κ3) is 11.5. The first-order chi connectivity index (χ1) is 19.2. The van der Waals surface area contributed by atoms with Crippen molar-refractivity contribution in [1.29, 1.82) is 0 Å². The number of hydrogen-bond donors (Lipinski definition) is 7. The summed E-state index contributed by atoms with van der Waals surface area (Å²) in [7, 11) is 0. The molecule has 0 bridgehead atoms. The van der Waals surface area contributed by atoms with E-state index in [9.17, 15) is 42.9 Å². The topological polar surface area (TPSA) is 189 Å². The fourth-order valence-electron chi connectivity index (χ4n) is 3.34. The molecule has 1 aliphatic heterocycles. The smallest absolute Gasteiger partial charge is 0.446 e. The minimum absolute atomic E-state index is 0.0928. The minimum Gasteiger partial charge on any atom is -0.508 e. The van der Waals surface area contributed by atoms with Gasteiger partial charge in [0.15, 0.2) is 5.96 Å². The number of carboxylic acid groups (broad SMARTS) is 1. The molecule has 7 N–H and O–H groups in total. The van der Waals surface area contributed by atoms with Crippen molar-refractivity contribution in [2.45, 2.75) is 25.1 Å². The first-order valence-corrected chi connectivity index (χ1v) is 12.7. The zero-order valence-electron chi connectivity index (χ0n) is 20.9. The quantitative estimate of drug-likeness (QED) is 0.208. The number of aromatic hydroxyl groups is 2. The Balaban J connectivity index is 0.000000883. The molecule has 3 rings (SSSR count). The normalized spacial score (nSPS) is 13.3. The summed E-state index contributed by atoms with van der Waals surface area (Å²) in [5.41, 5.74) is 0.626. The van der Waals surface area contributed by atoms with Crippen LogP contribution in [-0.2, 0) is 14.4 Å². The summed E-state index contributed by atoms with van der Waals surface area (Å²) >= 11 is 9.13. The highest BCUT2D eigenvalue weighted by Gasteiger charge is 2.25. The van der Waals surface area contributed by atoms with Gasteiger partial charge in [-0.25, -0.2) is 0 Å². The first kappa shape index (κ1) is 33.2. The van der Waals surface area contributed by atoms with Gasteiger partial charge in [0.2, 0.25) is 12.2 Å². The number of carbonyl (C=O) groups is 4. The summed E-state index contributed by atoms with van der Waals surface area (Å²) in [6.07, 6.45) is -5.32. The average Bonchev–Trinajstić information content (AvgIpc) is 2.89. The monoisotopic (exact) mass is 665 g/mol. The van der Waals surface area contributed by atoms with Gasteiger partial charge < -0.3 is 36.6 Å². The number of carbonyl (C=O) groups excluding carboxylic acids is 3. The van der Waals surface area contributed by atoms with Crippen molar-refractivity contribution in [2.24, 2.45) is 4.99 Å². The standard InChI is InChI=1S/C22H23BrClN5O6.C2HF3O/c23-16-7-12(24)6-15(20(16)34)17(9-19(32)33)29-18(31)10-27-21(35)11-4-13(8-14(30)5-11)28-22-25-2-1-3-26-22;3-2(4,5)1-6/h4-8,17,30,34H,1-3,9-10H2,(H,27,35)(H,29,31)(H,32,33)(H2,25,26,28);1H/t17-;/m1./s1. The summed E-state index contributed by atoms with van der Waals surface area (Å²) in [5, 5.41) is 40.7. The van der Waals surface area contributed by atoms with E-state index >= 15 is 0 Å². The van der Waals surface area contributed by atoms with Crippen LogP contribution in [0.3, 0.4) is 0 Å². The van der Waals surface area contributed by atoms with Gasteiger partial charge in [-0.2, -0.15) is 13.2 Å². The van der Waals surface area contributed by atoms with Crippen LogP contribution in [0.2, 0.25) is 5.02 Å². The van der Waals surface area contributed by atoms with Gasteiger partial charge in [0.1, 0.15) is 11.5 Å². The molecule has 0 saturated heterocycles. The van der Waals surface area contributed by atoms with Crippen LogP contribution in [0.4, 0.5) is 18.9 Å². The summed E-state index contributed by atoms with van der Waals surface area (Å²) in [6.45, 7) is 0.924. The molecule has 12 nitrogen and oxygen atoms in total. The molecule has 0 saturated carbocycles. The lowest BCUT2D eigenvalue weighted by Crippen LogP contribution is -2.39. The number of alkyl halides is 3. The third-order valence-corrected chi connectivity index (χ3v) is 5.85. The number of anilines is 1. The second kappa shape index (κ2) is 15.1. The summed E-state index contributed by atoms with van der Waals surface area (Å²) in [6, 6.07) is 5.82. The predicted octanol–water partition coefficient (Wildman–Crippen LogP) is 3.08. The Labute approximate surface area is 244 Å². The second-order valence-corrected chi connectivity index (χ2v) is 9.58. The lowest BCUT2D eigenvalue weighted by Gasteiger charge is -2.20. The fraction of sp³-hybridized carbons (Fsp3) is 0.292. The van der Waals surface area contributed by atoms with E-state index < -0.39 is 49.3 Å². The molecular weight excluding hydrogens is 643 g/mol. The highest BCUT2D eigenvalue weighted by molar-refractivity contribution is 9.10. The number of nitrogens with one attached hydrogen (secondary N) is 4. The number of nitrogens with zero attached hydrogens (tertiary/aromatic N) is 1. The molecule has 222 valence electrons. The van der Waals surface area contributed by atoms with Crippen LogP contribution in [0, 0.1) is 0 Å². The first-order valence-electron chi connectivity index (χ1n) is 11.6. The Morgan fingerprint density at radius 2 is 1.85 bits per heavy atom. The average molecular weight is 667 g/mol. The maximum atomic E-state index is 12.6. The predicted molar refractivity (Wildman–Crippen MR) is 145 cm³/mol. The number of aliphatic imine (C=N–C) groups is 1. The van der Waals surface area contributed by atoms with E-state index in [1.165, 1.54) is 30.3 Å². The van der Waals surface area contributed by atoms with E-state index in [1.54, 1.807) is 0 Å². The van der Waals surface area contributed by atoms with Gasteiger partial charge in [-0.05, 0) is 46.6 Å². The number of carboxylic acids is 1. The van der Waals surface area contributed by atoms with E-state index in [1.807, 2.05) is 0 Å². The van der Waals surface area contributed by atoms with Gasteiger partial charge in [0, 0.05) is 41.0 Å². The molecular formula is C24H24BrClF3N5O7. The van der Waals surface area contributed by atoms with Crippen LogP contribution < -0.4 is 21.3 Å². The third-order valence-electron chi connectivity index (χ3n) is 5.03. The Morgan fingerprint density at radius 1 is 1.17 bits per heavy atom. The zero-order chi connectivity index (χ0) is 30.7. The van der Waals surface area contributed by atoms with E-state index in [0.717, 1.165) is 13.0 Å². The number of aldehydes is 1. The Kier molecular flexibility index (Phi) is 12.2. The number of hydrogen-bond acceptors (Lipinski definition) is 9. The van der Waals surface area contributed by atoms with Gasteiger partial charge in [0.25, 0.3) is 5.91 Å². The van der Waals surface area contributed by atoms with Crippen molar-refractivity contribution in [2.75, 3.05) is 25.0 Å². The van der Waals surface area contributed by atoms with Crippen LogP contribution in [0.1, 0.15) is 34.8 Å². The molecule has 0 unspecified atom stereocenters. The summed E-state index contributed by atoms with van der Waals surface area (Å²) < 4.78 is 31.5. The molecule has 0 aromatic heterocycles.